The Hall–Kier alpha value is -1.34. The second-order valence-corrected chi connectivity index (χ2v) is 5.82. The third kappa shape index (κ3) is 3.47. The van der Waals surface area contributed by atoms with Crippen molar-refractivity contribution >= 4 is 44.6 Å². The number of amides is 2. The van der Waals surface area contributed by atoms with Gasteiger partial charge in [0, 0.05) is 33.3 Å². The molecule has 0 fully saturated rings. The number of halogens is 3. The average molecular weight is 378 g/mol. The number of nitrogens with zero attached hydrogens (tertiary/aromatic N) is 3. The number of imidazole rings is 1. The molecule has 0 saturated carbocycles. The van der Waals surface area contributed by atoms with Gasteiger partial charge in [0.1, 0.15) is 11.6 Å². The van der Waals surface area contributed by atoms with Crippen molar-refractivity contribution in [3.05, 3.63) is 28.2 Å². The van der Waals surface area contributed by atoms with Crippen LogP contribution in [0.1, 0.15) is 5.82 Å². The molecule has 0 aliphatic rings. The number of carbonyl (C=O) groups is 1. The summed E-state index contributed by atoms with van der Waals surface area (Å²) in [6.45, 7) is 0.942. The fraction of sp³-hybridized carbons (Fsp3) is 0.385. The van der Waals surface area contributed by atoms with Crippen LogP contribution in [0.2, 0.25) is 0 Å². The smallest absolute Gasteiger partial charge is 0.316 e. The van der Waals surface area contributed by atoms with Gasteiger partial charge in [0.25, 0.3) is 0 Å². The number of hydrogen-bond acceptors (Lipinski definition) is 2. The Kier molecular flexibility index (Phi) is 5.05. The predicted octanol–water partition coefficient (Wildman–Crippen LogP) is 2.95. The van der Waals surface area contributed by atoms with E-state index in [1.807, 2.05) is 4.57 Å². The molecule has 0 radical (unpaired) electrons. The molecule has 0 aliphatic carbocycles. The SMILES string of the molecule is CN(C)C(=O)NCCn1c(CCl)nc2cc(F)c(Br)cc21. The molecule has 8 heteroatoms. The van der Waals surface area contributed by atoms with Crippen molar-refractivity contribution in [3.8, 4) is 0 Å². The van der Waals surface area contributed by atoms with Gasteiger partial charge in [-0.3, -0.25) is 0 Å². The van der Waals surface area contributed by atoms with Gasteiger partial charge in [-0.15, -0.1) is 11.6 Å². The molecule has 1 aromatic heterocycles. The molecular weight excluding hydrogens is 363 g/mol. The van der Waals surface area contributed by atoms with E-state index in [1.54, 1.807) is 20.2 Å². The van der Waals surface area contributed by atoms with Crippen LogP contribution in [0.3, 0.4) is 0 Å². The number of carbonyl (C=O) groups excluding carboxylic acids is 1. The van der Waals surface area contributed by atoms with Gasteiger partial charge in [-0.1, -0.05) is 0 Å². The summed E-state index contributed by atoms with van der Waals surface area (Å²) in [5, 5.41) is 2.77. The average Bonchev–Trinajstić information content (AvgIpc) is 2.76. The number of rotatable bonds is 4. The third-order valence-electron chi connectivity index (χ3n) is 3.01. The fourth-order valence-electron chi connectivity index (χ4n) is 1.95. The van der Waals surface area contributed by atoms with Crippen LogP contribution in [0.25, 0.3) is 11.0 Å². The van der Waals surface area contributed by atoms with E-state index in [2.05, 4.69) is 26.2 Å². The Balaban J connectivity index is 2.25. The van der Waals surface area contributed by atoms with Gasteiger partial charge in [0.05, 0.1) is 21.4 Å². The van der Waals surface area contributed by atoms with E-state index in [0.29, 0.717) is 28.9 Å². The minimum Gasteiger partial charge on any atom is -0.336 e. The first-order valence-electron chi connectivity index (χ1n) is 6.29. The highest BCUT2D eigenvalue weighted by molar-refractivity contribution is 9.10. The maximum Gasteiger partial charge on any atom is 0.316 e. The highest BCUT2D eigenvalue weighted by Gasteiger charge is 2.13. The highest BCUT2D eigenvalue weighted by Crippen LogP contribution is 2.24. The van der Waals surface area contributed by atoms with Gasteiger partial charge in [-0.05, 0) is 22.0 Å². The zero-order valence-corrected chi connectivity index (χ0v) is 14.0. The molecule has 1 aromatic carbocycles. The number of nitrogens with one attached hydrogen (secondary N) is 1. The van der Waals surface area contributed by atoms with Crippen LogP contribution in [0.4, 0.5) is 9.18 Å². The Labute approximate surface area is 135 Å². The first kappa shape index (κ1) is 16.0. The quantitative estimate of drug-likeness (QED) is 0.833. The zero-order valence-electron chi connectivity index (χ0n) is 11.7. The molecule has 114 valence electrons. The maximum atomic E-state index is 13.5. The van der Waals surface area contributed by atoms with E-state index in [1.165, 1.54) is 11.0 Å². The zero-order chi connectivity index (χ0) is 15.6. The molecule has 0 bridgehead atoms. The first-order valence-corrected chi connectivity index (χ1v) is 7.62. The summed E-state index contributed by atoms with van der Waals surface area (Å²) in [7, 11) is 3.35. The molecule has 0 atom stereocenters. The molecule has 1 N–H and O–H groups in total. The third-order valence-corrected chi connectivity index (χ3v) is 3.85. The van der Waals surface area contributed by atoms with Crippen LogP contribution >= 0.6 is 27.5 Å². The molecule has 2 amide bonds. The van der Waals surface area contributed by atoms with E-state index < -0.39 is 0 Å². The molecule has 0 saturated heterocycles. The minimum absolute atomic E-state index is 0.168. The highest BCUT2D eigenvalue weighted by atomic mass is 79.9. The number of fused-ring (bicyclic) bond motifs is 1. The summed E-state index contributed by atoms with van der Waals surface area (Å²) in [5.41, 5.74) is 1.32. The number of alkyl halides is 1. The molecule has 21 heavy (non-hydrogen) atoms. The van der Waals surface area contributed by atoms with Crippen molar-refractivity contribution < 1.29 is 9.18 Å². The lowest BCUT2D eigenvalue weighted by Crippen LogP contribution is -2.36. The minimum atomic E-state index is -0.366. The maximum absolute atomic E-state index is 13.5. The van der Waals surface area contributed by atoms with E-state index in [9.17, 15) is 9.18 Å². The molecule has 2 aromatic rings. The van der Waals surface area contributed by atoms with Crippen molar-refractivity contribution in [2.75, 3.05) is 20.6 Å². The van der Waals surface area contributed by atoms with Crippen LogP contribution in [-0.4, -0.2) is 41.1 Å². The van der Waals surface area contributed by atoms with E-state index >= 15 is 0 Å². The van der Waals surface area contributed by atoms with Gasteiger partial charge in [-0.2, -0.15) is 0 Å². The van der Waals surface area contributed by atoms with Crippen LogP contribution < -0.4 is 5.32 Å². The van der Waals surface area contributed by atoms with Crippen molar-refractivity contribution in [2.24, 2.45) is 0 Å². The van der Waals surface area contributed by atoms with Crippen molar-refractivity contribution in [2.45, 2.75) is 12.4 Å². The van der Waals surface area contributed by atoms with E-state index in [4.69, 9.17) is 11.6 Å². The summed E-state index contributed by atoms with van der Waals surface area (Å²) in [4.78, 5) is 17.3. The van der Waals surface area contributed by atoms with Crippen molar-refractivity contribution in [3.63, 3.8) is 0 Å². The van der Waals surface area contributed by atoms with Crippen LogP contribution in [0, 0.1) is 5.82 Å². The Morgan fingerprint density at radius 2 is 2.24 bits per heavy atom. The molecule has 2 rings (SSSR count). The topological polar surface area (TPSA) is 50.2 Å². The number of hydrogen-bond donors (Lipinski definition) is 1. The van der Waals surface area contributed by atoms with E-state index in [0.717, 1.165) is 5.52 Å². The van der Waals surface area contributed by atoms with Gasteiger partial charge in [-0.25, -0.2) is 14.2 Å². The lowest BCUT2D eigenvalue weighted by molar-refractivity contribution is 0.217. The second kappa shape index (κ2) is 6.62. The van der Waals surface area contributed by atoms with Gasteiger partial charge in [0.15, 0.2) is 0 Å². The normalized spacial score (nSPS) is 10.9. The Morgan fingerprint density at radius 1 is 1.52 bits per heavy atom. The summed E-state index contributed by atoms with van der Waals surface area (Å²) in [5.74, 6) is 0.493. The van der Waals surface area contributed by atoms with Gasteiger partial charge in [0.2, 0.25) is 0 Å². The largest absolute Gasteiger partial charge is 0.336 e. The van der Waals surface area contributed by atoms with Gasteiger partial charge < -0.3 is 14.8 Å². The molecule has 0 aliphatic heterocycles. The summed E-state index contributed by atoms with van der Waals surface area (Å²) in [6, 6.07) is 2.87. The number of aromatic nitrogens is 2. The fourth-order valence-corrected chi connectivity index (χ4v) is 2.49. The molecule has 0 spiro atoms. The molecule has 5 nitrogen and oxygen atoms in total. The predicted molar refractivity (Wildman–Crippen MR) is 84.0 cm³/mol. The Bertz CT molecular complexity index is 674. The van der Waals surface area contributed by atoms with Gasteiger partial charge >= 0.3 is 6.03 Å². The van der Waals surface area contributed by atoms with Crippen LogP contribution in [0.5, 0.6) is 0 Å². The number of benzene rings is 1. The van der Waals surface area contributed by atoms with Crippen LogP contribution in [-0.2, 0) is 12.4 Å². The number of urea groups is 1. The van der Waals surface area contributed by atoms with Crippen LogP contribution in [0.15, 0.2) is 16.6 Å². The molecule has 0 unspecified atom stereocenters. The molecular formula is C13H15BrClFN4O. The molecule has 1 heterocycles. The lowest BCUT2D eigenvalue weighted by Gasteiger charge is -2.13. The summed E-state index contributed by atoms with van der Waals surface area (Å²) in [6.07, 6.45) is 0. The summed E-state index contributed by atoms with van der Waals surface area (Å²) < 4.78 is 15.8. The standard InChI is InChI=1S/C13H15BrClFN4O/c1-19(2)13(21)17-3-4-20-11-5-8(14)9(16)6-10(11)18-12(20)7-15/h5-6H,3-4,7H2,1-2H3,(H,17,21). The van der Waals surface area contributed by atoms with E-state index in [-0.39, 0.29) is 17.7 Å². The summed E-state index contributed by atoms with van der Waals surface area (Å²) >= 11 is 9.06. The monoisotopic (exact) mass is 376 g/mol. The van der Waals surface area contributed by atoms with Crippen molar-refractivity contribution in [1.29, 1.82) is 0 Å². The first-order chi connectivity index (χ1) is 9.93. The Morgan fingerprint density at radius 3 is 2.86 bits per heavy atom. The second-order valence-electron chi connectivity index (χ2n) is 4.69. The van der Waals surface area contributed by atoms with Crippen molar-refractivity contribution in [1.82, 2.24) is 19.8 Å². The lowest BCUT2D eigenvalue weighted by atomic mass is 10.3.